The second-order valence-corrected chi connectivity index (χ2v) is 5.71. The Morgan fingerprint density at radius 2 is 2.06 bits per heavy atom. The molecule has 0 atom stereocenters. The van der Waals surface area contributed by atoms with E-state index in [1.807, 2.05) is 4.68 Å². The summed E-state index contributed by atoms with van der Waals surface area (Å²) >= 11 is 6.33. The largest absolute Gasteiger partial charge is 0.391 e. The fraction of sp³-hybridized carbons (Fsp3) is 0.769. The first-order valence-electron chi connectivity index (χ1n) is 6.50. The van der Waals surface area contributed by atoms with Crippen molar-refractivity contribution in [2.75, 3.05) is 0 Å². The molecular formula is C13H21ClN2O. The van der Waals surface area contributed by atoms with Crippen molar-refractivity contribution in [3.63, 3.8) is 0 Å². The fourth-order valence-corrected chi connectivity index (χ4v) is 2.93. The quantitative estimate of drug-likeness (QED) is 0.897. The van der Waals surface area contributed by atoms with Crippen LogP contribution in [0.4, 0.5) is 0 Å². The lowest BCUT2D eigenvalue weighted by Crippen LogP contribution is -2.07. The van der Waals surface area contributed by atoms with E-state index in [1.54, 1.807) is 0 Å². The van der Waals surface area contributed by atoms with Crippen LogP contribution in [-0.2, 0) is 13.0 Å². The van der Waals surface area contributed by atoms with E-state index in [1.165, 1.54) is 12.8 Å². The first-order valence-corrected chi connectivity index (χ1v) is 6.88. The van der Waals surface area contributed by atoms with E-state index < -0.39 is 0 Å². The highest BCUT2D eigenvalue weighted by Crippen LogP contribution is 2.34. The minimum Gasteiger partial charge on any atom is -0.391 e. The maximum absolute atomic E-state index is 9.43. The highest BCUT2D eigenvalue weighted by atomic mass is 35.5. The molecule has 0 bridgehead atoms. The SMILES string of the molecule is CC(C)Cc1nn(C2CCCC2)c(Cl)c1CO. The van der Waals surface area contributed by atoms with Crippen molar-refractivity contribution in [2.45, 2.75) is 58.6 Å². The van der Waals surface area contributed by atoms with Crippen LogP contribution in [0.1, 0.15) is 56.8 Å². The summed E-state index contributed by atoms with van der Waals surface area (Å²) in [6, 6.07) is 0.439. The summed E-state index contributed by atoms with van der Waals surface area (Å²) in [5.41, 5.74) is 1.80. The van der Waals surface area contributed by atoms with Gasteiger partial charge in [-0.1, -0.05) is 38.3 Å². The molecule has 1 aromatic rings. The van der Waals surface area contributed by atoms with E-state index in [2.05, 4.69) is 18.9 Å². The molecule has 1 heterocycles. The van der Waals surface area contributed by atoms with Crippen molar-refractivity contribution in [3.8, 4) is 0 Å². The van der Waals surface area contributed by atoms with Crippen LogP contribution < -0.4 is 0 Å². The summed E-state index contributed by atoms with van der Waals surface area (Å²) in [6.45, 7) is 4.31. The van der Waals surface area contributed by atoms with Gasteiger partial charge in [0, 0.05) is 5.56 Å². The van der Waals surface area contributed by atoms with Crippen molar-refractivity contribution in [2.24, 2.45) is 5.92 Å². The minimum atomic E-state index is -0.00634. The Kier molecular flexibility index (Phi) is 4.10. The van der Waals surface area contributed by atoms with Gasteiger partial charge in [0.25, 0.3) is 0 Å². The molecule has 0 amide bonds. The highest BCUT2D eigenvalue weighted by Gasteiger charge is 2.24. The van der Waals surface area contributed by atoms with Gasteiger partial charge in [0.1, 0.15) is 5.15 Å². The number of rotatable bonds is 4. The third kappa shape index (κ3) is 2.66. The highest BCUT2D eigenvalue weighted by molar-refractivity contribution is 6.30. The lowest BCUT2D eigenvalue weighted by atomic mass is 10.1. The van der Waals surface area contributed by atoms with Crippen LogP contribution in [0.2, 0.25) is 5.15 Å². The second-order valence-electron chi connectivity index (χ2n) is 5.35. The van der Waals surface area contributed by atoms with Gasteiger partial charge in [-0.3, -0.25) is 4.68 Å². The van der Waals surface area contributed by atoms with Gasteiger partial charge in [0.2, 0.25) is 0 Å². The van der Waals surface area contributed by atoms with Crippen molar-refractivity contribution < 1.29 is 5.11 Å². The standard InChI is InChI=1S/C13H21ClN2O/c1-9(2)7-12-11(8-17)13(14)16(15-12)10-5-3-4-6-10/h9-10,17H,3-8H2,1-2H3. The van der Waals surface area contributed by atoms with Crippen LogP contribution in [0.15, 0.2) is 0 Å². The summed E-state index contributed by atoms with van der Waals surface area (Å²) in [7, 11) is 0. The lowest BCUT2D eigenvalue weighted by molar-refractivity contribution is 0.280. The molecule has 4 heteroatoms. The summed E-state index contributed by atoms with van der Waals surface area (Å²) in [6.07, 6.45) is 5.72. The van der Waals surface area contributed by atoms with Crippen LogP contribution in [0, 0.1) is 5.92 Å². The van der Waals surface area contributed by atoms with E-state index in [0.717, 1.165) is 30.5 Å². The van der Waals surface area contributed by atoms with Crippen LogP contribution in [-0.4, -0.2) is 14.9 Å². The van der Waals surface area contributed by atoms with Gasteiger partial charge in [-0.05, 0) is 25.2 Å². The number of hydrogen-bond acceptors (Lipinski definition) is 2. The van der Waals surface area contributed by atoms with Crippen molar-refractivity contribution in [1.82, 2.24) is 9.78 Å². The zero-order valence-electron chi connectivity index (χ0n) is 10.6. The Balaban J connectivity index is 2.30. The molecule has 96 valence electrons. The number of aliphatic hydroxyl groups excluding tert-OH is 1. The normalized spacial score (nSPS) is 17.2. The Morgan fingerprint density at radius 3 is 2.59 bits per heavy atom. The molecule has 1 fully saturated rings. The second kappa shape index (κ2) is 5.40. The lowest BCUT2D eigenvalue weighted by Gasteiger charge is -2.10. The van der Waals surface area contributed by atoms with Gasteiger partial charge in [0.05, 0.1) is 18.3 Å². The fourth-order valence-electron chi connectivity index (χ4n) is 2.59. The van der Waals surface area contributed by atoms with Gasteiger partial charge in [-0.25, -0.2) is 0 Å². The average molecular weight is 257 g/mol. The van der Waals surface area contributed by atoms with Crippen molar-refractivity contribution in [3.05, 3.63) is 16.4 Å². The van der Waals surface area contributed by atoms with Crippen molar-refractivity contribution >= 4 is 11.6 Å². The molecule has 3 nitrogen and oxygen atoms in total. The number of nitrogens with zero attached hydrogens (tertiary/aromatic N) is 2. The molecule has 0 saturated heterocycles. The zero-order chi connectivity index (χ0) is 12.4. The predicted molar refractivity (Wildman–Crippen MR) is 69.2 cm³/mol. The molecule has 0 aromatic carbocycles. The van der Waals surface area contributed by atoms with Crippen LogP contribution in [0.5, 0.6) is 0 Å². The van der Waals surface area contributed by atoms with Crippen LogP contribution >= 0.6 is 11.6 Å². The molecule has 17 heavy (non-hydrogen) atoms. The Labute approximate surface area is 108 Å². The minimum absolute atomic E-state index is 0.00634. The molecule has 1 aliphatic rings. The summed E-state index contributed by atoms with van der Waals surface area (Å²) in [4.78, 5) is 0. The average Bonchev–Trinajstić information content (AvgIpc) is 2.86. The monoisotopic (exact) mass is 256 g/mol. The van der Waals surface area contributed by atoms with E-state index in [0.29, 0.717) is 17.1 Å². The van der Waals surface area contributed by atoms with E-state index in [-0.39, 0.29) is 6.61 Å². The maximum Gasteiger partial charge on any atom is 0.133 e. The number of hydrogen-bond donors (Lipinski definition) is 1. The number of aliphatic hydroxyl groups is 1. The van der Waals surface area contributed by atoms with Crippen molar-refractivity contribution in [1.29, 1.82) is 0 Å². The van der Waals surface area contributed by atoms with Crippen LogP contribution in [0.25, 0.3) is 0 Å². The molecule has 1 aromatic heterocycles. The smallest absolute Gasteiger partial charge is 0.133 e. The summed E-state index contributed by atoms with van der Waals surface area (Å²) in [5, 5.41) is 14.7. The van der Waals surface area contributed by atoms with Gasteiger partial charge in [-0.2, -0.15) is 5.10 Å². The molecule has 0 radical (unpaired) electrons. The van der Waals surface area contributed by atoms with E-state index in [4.69, 9.17) is 11.6 Å². The number of aromatic nitrogens is 2. The van der Waals surface area contributed by atoms with E-state index in [9.17, 15) is 5.11 Å². The third-order valence-corrected chi connectivity index (χ3v) is 3.86. The Hall–Kier alpha value is -0.540. The Morgan fingerprint density at radius 1 is 1.41 bits per heavy atom. The molecule has 1 saturated carbocycles. The molecule has 2 rings (SSSR count). The third-order valence-electron chi connectivity index (χ3n) is 3.46. The summed E-state index contributed by atoms with van der Waals surface area (Å²) < 4.78 is 1.94. The molecule has 0 aliphatic heterocycles. The van der Waals surface area contributed by atoms with Gasteiger partial charge < -0.3 is 5.11 Å². The van der Waals surface area contributed by atoms with Gasteiger partial charge >= 0.3 is 0 Å². The van der Waals surface area contributed by atoms with Gasteiger partial charge in [-0.15, -0.1) is 0 Å². The van der Waals surface area contributed by atoms with Crippen LogP contribution in [0.3, 0.4) is 0 Å². The molecular weight excluding hydrogens is 236 g/mol. The first kappa shape index (κ1) is 12.9. The maximum atomic E-state index is 9.43. The zero-order valence-corrected chi connectivity index (χ0v) is 11.4. The molecule has 1 aliphatic carbocycles. The molecule has 0 spiro atoms. The summed E-state index contributed by atoms with van der Waals surface area (Å²) in [5.74, 6) is 0.531. The Bertz CT molecular complexity index is 381. The van der Waals surface area contributed by atoms with E-state index >= 15 is 0 Å². The molecule has 1 N–H and O–H groups in total. The molecule has 0 unspecified atom stereocenters. The predicted octanol–water partition coefficient (Wildman–Crippen LogP) is 3.34. The topological polar surface area (TPSA) is 38.0 Å². The first-order chi connectivity index (χ1) is 8.13. The number of halogens is 1. The van der Waals surface area contributed by atoms with Gasteiger partial charge in [0.15, 0.2) is 0 Å².